The molecule has 0 aromatic heterocycles. The number of nitrogens with zero attached hydrogens (tertiary/aromatic N) is 2. The highest BCUT2D eigenvalue weighted by molar-refractivity contribution is 7.99. The van der Waals surface area contributed by atoms with Gasteiger partial charge in [0.1, 0.15) is 0 Å². The standard InChI is InChI=1S/C24H28N2O3S/c27-21(13-7-8-14-22(28)29)23-20-16-30-24(19-11-5-2-6-12-19)26(20)17-25(23)15-18-9-3-1-4-10-18/h1-6,9-12,20,23-24H,7-8,13-17H2,(H,28,29). The van der Waals surface area contributed by atoms with Gasteiger partial charge in [-0.1, -0.05) is 60.7 Å². The summed E-state index contributed by atoms with van der Waals surface area (Å²) in [5.74, 6) is 0.396. The van der Waals surface area contributed by atoms with Crippen LogP contribution in [0.4, 0.5) is 0 Å². The van der Waals surface area contributed by atoms with Crippen LogP contribution in [0.15, 0.2) is 60.7 Å². The number of carboxylic acids is 1. The van der Waals surface area contributed by atoms with E-state index in [-0.39, 0.29) is 29.7 Å². The molecule has 2 saturated heterocycles. The zero-order chi connectivity index (χ0) is 20.9. The maximum Gasteiger partial charge on any atom is 0.303 e. The number of hydrogen-bond donors (Lipinski definition) is 1. The van der Waals surface area contributed by atoms with Gasteiger partial charge in [-0.05, 0) is 24.0 Å². The fraction of sp³-hybridized carbons (Fsp3) is 0.417. The van der Waals surface area contributed by atoms with E-state index < -0.39 is 5.97 Å². The summed E-state index contributed by atoms with van der Waals surface area (Å²) in [5.41, 5.74) is 2.51. The summed E-state index contributed by atoms with van der Waals surface area (Å²) in [6.45, 7) is 1.53. The quantitative estimate of drug-likeness (QED) is 0.610. The van der Waals surface area contributed by atoms with Crippen LogP contribution in [0.5, 0.6) is 0 Å². The van der Waals surface area contributed by atoms with Crippen molar-refractivity contribution in [2.24, 2.45) is 0 Å². The Hall–Kier alpha value is -2.15. The highest BCUT2D eigenvalue weighted by atomic mass is 32.2. The lowest BCUT2D eigenvalue weighted by atomic mass is 9.99. The summed E-state index contributed by atoms with van der Waals surface area (Å²) < 4.78 is 0. The summed E-state index contributed by atoms with van der Waals surface area (Å²) >= 11 is 1.92. The molecule has 0 spiro atoms. The smallest absolute Gasteiger partial charge is 0.303 e. The topological polar surface area (TPSA) is 60.9 Å². The number of carboxylic acid groups (broad SMARTS) is 1. The third-order valence-electron chi connectivity index (χ3n) is 5.96. The molecule has 30 heavy (non-hydrogen) atoms. The number of unbranched alkanes of at least 4 members (excludes halogenated alkanes) is 1. The van der Waals surface area contributed by atoms with Crippen molar-refractivity contribution in [3.05, 3.63) is 71.8 Å². The second kappa shape index (κ2) is 9.77. The first-order valence-electron chi connectivity index (χ1n) is 10.6. The maximum atomic E-state index is 13.3. The van der Waals surface area contributed by atoms with E-state index in [9.17, 15) is 9.59 Å². The molecule has 2 aromatic rings. The lowest BCUT2D eigenvalue weighted by Crippen LogP contribution is -2.43. The Morgan fingerprint density at radius 2 is 1.63 bits per heavy atom. The Bertz CT molecular complexity index is 861. The van der Waals surface area contributed by atoms with Crippen LogP contribution in [0.2, 0.25) is 0 Å². The summed E-state index contributed by atoms with van der Waals surface area (Å²) in [7, 11) is 0. The Morgan fingerprint density at radius 3 is 2.33 bits per heavy atom. The van der Waals surface area contributed by atoms with Crippen molar-refractivity contribution in [2.45, 2.75) is 49.7 Å². The fourth-order valence-corrected chi connectivity index (χ4v) is 6.08. The molecule has 6 heteroatoms. The van der Waals surface area contributed by atoms with Gasteiger partial charge in [-0.15, -0.1) is 11.8 Å². The first-order chi connectivity index (χ1) is 14.6. The number of fused-ring (bicyclic) bond motifs is 1. The van der Waals surface area contributed by atoms with Crippen LogP contribution >= 0.6 is 11.8 Å². The molecule has 3 unspecified atom stereocenters. The van der Waals surface area contributed by atoms with Gasteiger partial charge in [0.05, 0.1) is 18.1 Å². The molecule has 158 valence electrons. The van der Waals surface area contributed by atoms with Crippen molar-refractivity contribution in [3.8, 4) is 0 Å². The lowest BCUT2D eigenvalue weighted by Gasteiger charge is -2.25. The minimum atomic E-state index is -0.793. The van der Waals surface area contributed by atoms with Crippen molar-refractivity contribution in [3.63, 3.8) is 0 Å². The SMILES string of the molecule is O=C(O)CCCCC(=O)C1C2CSC(c3ccccc3)N2CN1Cc1ccccc1. The van der Waals surface area contributed by atoms with E-state index in [1.54, 1.807) is 0 Å². The molecule has 5 nitrogen and oxygen atoms in total. The molecule has 3 atom stereocenters. The molecule has 0 aliphatic carbocycles. The van der Waals surface area contributed by atoms with E-state index in [1.165, 1.54) is 11.1 Å². The lowest BCUT2D eigenvalue weighted by molar-refractivity contribution is -0.137. The van der Waals surface area contributed by atoms with E-state index in [0.29, 0.717) is 19.3 Å². The van der Waals surface area contributed by atoms with E-state index in [2.05, 4.69) is 46.2 Å². The third-order valence-corrected chi connectivity index (χ3v) is 7.35. The van der Waals surface area contributed by atoms with Gasteiger partial charge in [-0.2, -0.15) is 0 Å². The van der Waals surface area contributed by atoms with Crippen LogP contribution < -0.4 is 0 Å². The van der Waals surface area contributed by atoms with Crippen LogP contribution in [0, 0.1) is 0 Å². The number of carbonyl (C=O) groups excluding carboxylic acids is 1. The molecule has 1 N–H and O–H groups in total. The second-order valence-electron chi connectivity index (χ2n) is 8.06. The monoisotopic (exact) mass is 424 g/mol. The molecule has 0 amide bonds. The number of Topliss-reactive ketones (excluding diaryl/α,β-unsaturated/α-hetero) is 1. The average Bonchev–Trinajstić information content (AvgIpc) is 3.31. The molecule has 2 fully saturated rings. The van der Waals surface area contributed by atoms with E-state index in [0.717, 1.165) is 19.0 Å². The number of ketones is 1. The summed E-state index contributed by atoms with van der Waals surface area (Å²) in [5, 5.41) is 9.13. The van der Waals surface area contributed by atoms with Crippen LogP contribution in [0.3, 0.4) is 0 Å². The predicted molar refractivity (Wildman–Crippen MR) is 119 cm³/mol. The summed E-state index contributed by atoms with van der Waals surface area (Å²) in [6.07, 6.45) is 1.78. The van der Waals surface area contributed by atoms with Gasteiger partial charge in [0.25, 0.3) is 0 Å². The number of thioether (sulfide) groups is 1. The summed E-state index contributed by atoms with van der Waals surface area (Å²) in [4.78, 5) is 28.8. The number of rotatable bonds is 9. The van der Waals surface area contributed by atoms with Gasteiger partial charge >= 0.3 is 5.97 Å². The van der Waals surface area contributed by atoms with Crippen LogP contribution in [0.1, 0.15) is 42.2 Å². The molecule has 2 aliphatic rings. The van der Waals surface area contributed by atoms with E-state index in [4.69, 9.17) is 5.11 Å². The van der Waals surface area contributed by atoms with Gasteiger partial charge in [-0.3, -0.25) is 19.4 Å². The van der Waals surface area contributed by atoms with Crippen LogP contribution in [0.25, 0.3) is 0 Å². The Labute approximate surface area is 182 Å². The van der Waals surface area contributed by atoms with Gasteiger partial charge in [0.2, 0.25) is 0 Å². The first kappa shape index (κ1) is 21.1. The first-order valence-corrected chi connectivity index (χ1v) is 11.6. The minimum Gasteiger partial charge on any atom is -0.481 e. The molecule has 4 rings (SSSR count). The Balaban J connectivity index is 1.50. The molecule has 2 heterocycles. The zero-order valence-corrected chi connectivity index (χ0v) is 17.8. The van der Waals surface area contributed by atoms with Gasteiger partial charge in [0, 0.05) is 31.2 Å². The average molecular weight is 425 g/mol. The van der Waals surface area contributed by atoms with Crippen molar-refractivity contribution < 1.29 is 14.7 Å². The molecule has 2 aromatic carbocycles. The van der Waals surface area contributed by atoms with Gasteiger partial charge in [-0.25, -0.2) is 0 Å². The van der Waals surface area contributed by atoms with Gasteiger partial charge in [0.15, 0.2) is 5.78 Å². The van der Waals surface area contributed by atoms with Crippen molar-refractivity contribution in [1.29, 1.82) is 0 Å². The molecule has 0 bridgehead atoms. The molecule has 2 aliphatic heterocycles. The van der Waals surface area contributed by atoms with E-state index >= 15 is 0 Å². The second-order valence-corrected chi connectivity index (χ2v) is 9.18. The highest BCUT2D eigenvalue weighted by Crippen LogP contribution is 2.46. The van der Waals surface area contributed by atoms with E-state index in [1.807, 2.05) is 36.0 Å². The third kappa shape index (κ3) is 4.77. The highest BCUT2D eigenvalue weighted by Gasteiger charge is 2.50. The minimum absolute atomic E-state index is 0.128. The molecular formula is C24H28N2O3S. The van der Waals surface area contributed by atoms with Crippen LogP contribution in [-0.4, -0.2) is 51.2 Å². The van der Waals surface area contributed by atoms with Gasteiger partial charge < -0.3 is 5.11 Å². The Morgan fingerprint density at radius 1 is 0.967 bits per heavy atom. The number of benzene rings is 2. The molecular weight excluding hydrogens is 396 g/mol. The molecule has 0 saturated carbocycles. The van der Waals surface area contributed by atoms with Crippen molar-refractivity contribution in [2.75, 3.05) is 12.4 Å². The van der Waals surface area contributed by atoms with Crippen molar-refractivity contribution in [1.82, 2.24) is 9.80 Å². The van der Waals surface area contributed by atoms with Crippen molar-refractivity contribution >= 4 is 23.5 Å². The predicted octanol–water partition coefficient (Wildman–Crippen LogP) is 4.16. The summed E-state index contributed by atoms with van der Waals surface area (Å²) in [6, 6.07) is 20.9. The number of carbonyl (C=O) groups is 2. The molecule has 0 radical (unpaired) electrons. The number of hydrogen-bond acceptors (Lipinski definition) is 5. The maximum absolute atomic E-state index is 13.3. The number of aliphatic carboxylic acids is 1. The zero-order valence-electron chi connectivity index (χ0n) is 17.0. The largest absolute Gasteiger partial charge is 0.481 e. The van der Waals surface area contributed by atoms with Crippen LogP contribution in [-0.2, 0) is 16.1 Å². The normalized spacial score (nSPS) is 24.1. The fourth-order valence-electron chi connectivity index (χ4n) is 4.56. The Kier molecular flexibility index (Phi) is 6.87.